The van der Waals surface area contributed by atoms with Gasteiger partial charge in [0, 0.05) is 12.0 Å². The number of hydrogen-bond donors (Lipinski definition) is 1. The van der Waals surface area contributed by atoms with Crippen molar-refractivity contribution in [2.24, 2.45) is 11.7 Å². The standard InChI is InChI=1S/C16H24FNO2/c1-2-5-13(10-11-18)8-9-16(19)20-12-14-6-3-4-7-15(14)17/h3-4,6-7,13H,2,5,8-12,18H2,1H3. The summed E-state index contributed by atoms with van der Waals surface area (Å²) in [6, 6.07) is 6.33. The average Bonchev–Trinajstić information content (AvgIpc) is 2.44. The maximum absolute atomic E-state index is 13.3. The highest BCUT2D eigenvalue weighted by Gasteiger charge is 2.11. The van der Waals surface area contributed by atoms with Gasteiger partial charge in [-0.15, -0.1) is 0 Å². The molecule has 0 aromatic heterocycles. The molecule has 0 aliphatic carbocycles. The van der Waals surface area contributed by atoms with Crippen LogP contribution < -0.4 is 5.73 Å². The lowest BCUT2D eigenvalue weighted by molar-refractivity contribution is -0.145. The number of halogens is 1. The van der Waals surface area contributed by atoms with Crippen LogP contribution in [0.3, 0.4) is 0 Å². The summed E-state index contributed by atoms with van der Waals surface area (Å²) in [4.78, 5) is 11.7. The van der Waals surface area contributed by atoms with E-state index in [1.807, 2.05) is 0 Å². The molecule has 4 heteroatoms. The Balaban J connectivity index is 2.31. The van der Waals surface area contributed by atoms with E-state index in [2.05, 4.69) is 6.92 Å². The fraction of sp³-hybridized carbons (Fsp3) is 0.562. The van der Waals surface area contributed by atoms with Crippen molar-refractivity contribution in [2.45, 2.75) is 45.6 Å². The van der Waals surface area contributed by atoms with Crippen LogP contribution in [0.2, 0.25) is 0 Å². The Bertz CT molecular complexity index is 403. The zero-order chi connectivity index (χ0) is 14.8. The largest absolute Gasteiger partial charge is 0.461 e. The molecule has 0 amide bonds. The lowest BCUT2D eigenvalue weighted by Gasteiger charge is -2.14. The second-order valence-electron chi connectivity index (χ2n) is 5.02. The van der Waals surface area contributed by atoms with E-state index < -0.39 is 0 Å². The molecule has 0 fully saturated rings. The maximum Gasteiger partial charge on any atom is 0.306 e. The zero-order valence-electron chi connectivity index (χ0n) is 12.1. The molecule has 2 N–H and O–H groups in total. The van der Waals surface area contributed by atoms with Gasteiger partial charge in [-0.05, 0) is 31.4 Å². The summed E-state index contributed by atoms with van der Waals surface area (Å²) >= 11 is 0. The van der Waals surface area contributed by atoms with Gasteiger partial charge in [0.25, 0.3) is 0 Å². The normalized spacial score (nSPS) is 12.2. The SMILES string of the molecule is CCCC(CCN)CCC(=O)OCc1ccccc1F. The fourth-order valence-electron chi connectivity index (χ4n) is 2.24. The van der Waals surface area contributed by atoms with Crippen molar-refractivity contribution in [1.29, 1.82) is 0 Å². The lowest BCUT2D eigenvalue weighted by Crippen LogP contribution is -2.12. The van der Waals surface area contributed by atoms with Crippen LogP contribution in [0, 0.1) is 11.7 Å². The van der Waals surface area contributed by atoms with Gasteiger partial charge >= 0.3 is 5.97 Å². The highest BCUT2D eigenvalue weighted by Crippen LogP contribution is 2.17. The molecule has 0 bridgehead atoms. The Morgan fingerprint density at radius 1 is 1.30 bits per heavy atom. The van der Waals surface area contributed by atoms with Crippen molar-refractivity contribution in [1.82, 2.24) is 0 Å². The highest BCUT2D eigenvalue weighted by atomic mass is 19.1. The second kappa shape index (κ2) is 9.48. The lowest BCUT2D eigenvalue weighted by atomic mass is 9.94. The Labute approximate surface area is 120 Å². The third-order valence-corrected chi connectivity index (χ3v) is 3.38. The highest BCUT2D eigenvalue weighted by molar-refractivity contribution is 5.69. The molecule has 0 aliphatic rings. The minimum absolute atomic E-state index is 0.000833. The van der Waals surface area contributed by atoms with Crippen molar-refractivity contribution < 1.29 is 13.9 Å². The summed E-state index contributed by atoms with van der Waals surface area (Å²) in [5.41, 5.74) is 5.97. The predicted molar refractivity (Wildman–Crippen MR) is 77.5 cm³/mol. The Kier molecular flexibility index (Phi) is 7.88. The third kappa shape index (κ3) is 6.15. The number of esters is 1. The number of nitrogens with two attached hydrogens (primary N) is 1. The van der Waals surface area contributed by atoms with Gasteiger partial charge in [0.15, 0.2) is 0 Å². The monoisotopic (exact) mass is 281 g/mol. The first kappa shape index (κ1) is 16.6. The number of carbonyl (C=O) groups excluding carboxylic acids is 1. The van der Waals surface area contributed by atoms with Crippen LogP contribution in [0.15, 0.2) is 24.3 Å². The maximum atomic E-state index is 13.3. The van der Waals surface area contributed by atoms with Crippen LogP contribution in [0.25, 0.3) is 0 Å². The summed E-state index contributed by atoms with van der Waals surface area (Å²) in [6.07, 6.45) is 4.28. The summed E-state index contributed by atoms with van der Waals surface area (Å²) in [5, 5.41) is 0. The second-order valence-corrected chi connectivity index (χ2v) is 5.02. The number of carbonyl (C=O) groups is 1. The molecular formula is C16H24FNO2. The molecule has 1 aromatic carbocycles. The van der Waals surface area contributed by atoms with Gasteiger partial charge in [-0.2, -0.15) is 0 Å². The van der Waals surface area contributed by atoms with E-state index in [-0.39, 0.29) is 18.4 Å². The molecule has 1 aromatic rings. The minimum Gasteiger partial charge on any atom is -0.461 e. The van der Waals surface area contributed by atoms with Crippen LogP contribution in [0.5, 0.6) is 0 Å². The topological polar surface area (TPSA) is 52.3 Å². The number of rotatable bonds is 9. The summed E-state index contributed by atoms with van der Waals surface area (Å²) in [6.45, 7) is 2.77. The van der Waals surface area contributed by atoms with Gasteiger partial charge in [0.1, 0.15) is 12.4 Å². The molecule has 1 atom stereocenters. The molecule has 0 heterocycles. The van der Waals surface area contributed by atoms with Gasteiger partial charge in [0.2, 0.25) is 0 Å². The Hall–Kier alpha value is -1.42. The molecule has 0 spiro atoms. The summed E-state index contributed by atoms with van der Waals surface area (Å²) in [5.74, 6) is -0.135. The van der Waals surface area contributed by atoms with Crippen molar-refractivity contribution in [3.8, 4) is 0 Å². The summed E-state index contributed by atoms with van der Waals surface area (Å²) < 4.78 is 18.5. The Morgan fingerprint density at radius 2 is 2.05 bits per heavy atom. The molecule has 0 aliphatic heterocycles. The molecule has 0 saturated carbocycles. The van der Waals surface area contributed by atoms with Crippen LogP contribution >= 0.6 is 0 Å². The Morgan fingerprint density at radius 3 is 2.70 bits per heavy atom. The van der Waals surface area contributed by atoms with Crippen LogP contribution in [0.4, 0.5) is 4.39 Å². The van der Waals surface area contributed by atoms with Gasteiger partial charge in [-0.25, -0.2) is 4.39 Å². The zero-order valence-corrected chi connectivity index (χ0v) is 12.1. The molecule has 112 valence electrons. The van der Waals surface area contributed by atoms with E-state index in [9.17, 15) is 9.18 Å². The smallest absolute Gasteiger partial charge is 0.306 e. The van der Waals surface area contributed by atoms with Crippen molar-refractivity contribution >= 4 is 5.97 Å². The predicted octanol–water partition coefficient (Wildman–Crippen LogP) is 3.41. The minimum atomic E-state index is -0.340. The average molecular weight is 281 g/mol. The first-order chi connectivity index (χ1) is 9.67. The molecule has 20 heavy (non-hydrogen) atoms. The number of benzene rings is 1. The number of ether oxygens (including phenoxy) is 1. The van der Waals surface area contributed by atoms with E-state index in [4.69, 9.17) is 10.5 Å². The van der Waals surface area contributed by atoms with Gasteiger partial charge in [-0.3, -0.25) is 4.79 Å². The van der Waals surface area contributed by atoms with Gasteiger partial charge < -0.3 is 10.5 Å². The van der Waals surface area contributed by atoms with E-state index >= 15 is 0 Å². The molecule has 1 rings (SSSR count). The van der Waals surface area contributed by atoms with Crippen LogP contribution in [-0.4, -0.2) is 12.5 Å². The molecular weight excluding hydrogens is 257 g/mol. The summed E-state index contributed by atoms with van der Waals surface area (Å²) in [7, 11) is 0. The first-order valence-corrected chi connectivity index (χ1v) is 7.26. The first-order valence-electron chi connectivity index (χ1n) is 7.26. The molecule has 0 radical (unpaired) electrons. The molecule has 1 unspecified atom stereocenters. The molecule has 3 nitrogen and oxygen atoms in total. The van der Waals surface area contributed by atoms with E-state index in [0.29, 0.717) is 24.4 Å². The van der Waals surface area contributed by atoms with Gasteiger partial charge in [0.05, 0.1) is 0 Å². The van der Waals surface area contributed by atoms with Crippen LogP contribution in [0.1, 0.15) is 44.6 Å². The van der Waals surface area contributed by atoms with Crippen molar-refractivity contribution in [3.63, 3.8) is 0 Å². The van der Waals surface area contributed by atoms with E-state index in [1.54, 1.807) is 18.2 Å². The van der Waals surface area contributed by atoms with Crippen LogP contribution in [-0.2, 0) is 16.1 Å². The number of hydrogen-bond acceptors (Lipinski definition) is 3. The van der Waals surface area contributed by atoms with Gasteiger partial charge in [-0.1, -0.05) is 38.0 Å². The van der Waals surface area contributed by atoms with E-state index in [0.717, 1.165) is 25.7 Å². The fourth-order valence-corrected chi connectivity index (χ4v) is 2.24. The third-order valence-electron chi connectivity index (χ3n) is 3.38. The molecule has 0 saturated heterocycles. The quantitative estimate of drug-likeness (QED) is 0.706. The van der Waals surface area contributed by atoms with E-state index in [1.165, 1.54) is 6.07 Å². The van der Waals surface area contributed by atoms with Crippen molar-refractivity contribution in [2.75, 3.05) is 6.54 Å². The van der Waals surface area contributed by atoms with Crippen molar-refractivity contribution in [3.05, 3.63) is 35.6 Å².